The molecule has 0 spiro atoms. The predicted molar refractivity (Wildman–Crippen MR) is 103 cm³/mol. The van der Waals surface area contributed by atoms with Crippen LogP contribution in [0.5, 0.6) is 5.75 Å². The lowest BCUT2D eigenvalue weighted by Gasteiger charge is -2.29. The van der Waals surface area contributed by atoms with Crippen molar-refractivity contribution in [2.75, 3.05) is 13.7 Å². The van der Waals surface area contributed by atoms with Crippen molar-refractivity contribution < 1.29 is 33.2 Å². The summed E-state index contributed by atoms with van der Waals surface area (Å²) in [6, 6.07) is 5.78. The van der Waals surface area contributed by atoms with E-state index in [1.54, 1.807) is 7.11 Å². The fourth-order valence-electron chi connectivity index (χ4n) is 3.85. The fourth-order valence-corrected chi connectivity index (χ4v) is 4.21. The molecule has 0 bridgehead atoms. The van der Waals surface area contributed by atoms with Gasteiger partial charge in [-0.15, -0.1) is 0 Å². The van der Waals surface area contributed by atoms with Crippen molar-refractivity contribution in [2.45, 2.75) is 76.6 Å². The van der Waals surface area contributed by atoms with Gasteiger partial charge in [-0.3, -0.25) is 0 Å². The largest absolute Gasteiger partial charge is 0.497 e. The lowest BCUT2D eigenvalue weighted by molar-refractivity contribution is -0.236. The first-order valence-electron chi connectivity index (χ1n) is 9.44. The number of methoxy groups -OCH3 is 1. The van der Waals surface area contributed by atoms with E-state index < -0.39 is 17.9 Å². The van der Waals surface area contributed by atoms with Crippen LogP contribution < -0.4 is 4.74 Å². The number of halogens is 1. The molecule has 3 fully saturated rings. The van der Waals surface area contributed by atoms with Gasteiger partial charge in [0, 0.05) is 4.47 Å². The van der Waals surface area contributed by atoms with Crippen molar-refractivity contribution in [3.63, 3.8) is 0 Å². The molecule has 0 N–H and O–H groups in total. The standard InChI is InChI=1S/C20H27BrO7/c1-19(2)24-10-14(26-19)15-16(17-18(25-15)28-20(3,4)27-17)23-9-11-8-12(22-5)6-7-13(11)21/h6-8,14-18H,9-10H2,1-5H3/t14-,15-,16+,17-,18-/m1/s1. The van der Waals surface area contributed by atoms with Crippen LogP contribution in [-0.2, 0) is 35.0 Å². The summed E-state index contributed by atoms with van der Waals surface area (Å²) in [5, 5.41) is 0. The molecule has 3 heterocycles. The third-order valence-corrected chi connectivity index (χ3v) is 5.88. The number of fused-ring (bicyclic) bond motifs is 1. The number of benzene rings is 1. The molecule has 0 aliphatic carbocycles. The van der Waals surface area contributed by atoms with E-state index >= 15 is 0 Å². The summed E-state index contributed by atoms with van der Waals surface area (Å²) in [6.45, 7) is 8.33. The highest BCUT2D eigenvalue weighted by Gasteiger charge is 2.58. The Hall–Kier alpha value is -0.740. The highest BCUT2D eigenvalue weighted by Crippen LogP contribution is 2.42. The van der Waals surface area contributed by atoms with Crippen LogP contribution >= 0.6 is 15.9 Å². The zero-order valence-corrected chi connectivity index (χ0v) is 18.4. The molecule has 0 amide bonds. The summed E-state index contributed by atoms with van der Waals surface area (Å²) in [4.78, 5) is 0. The Bertz CT molecular complexity index is 723. The molecule has 0 saturated carbocycles. The van der Waals surface area contributed by atoms with Crippen LogP contribution in [0, 0.1) is 0 Å². The van der Waals surface area contributed by atoms with Crippen LogP contribution in [0.3, 0.4) is 0 Å². The molecule has 3 aliphatic rings. The Balaban J connectivity index is 1.52. The Morgan fingerprint density at radius 3 is 2.54 bits per heavy atom. The van der Waals surface area contributed by atoms with Gasteiger partial charge in [-0.1, -0.05) is 15.9 Å². The fraction of sp³-hybridized carbons (Fsp3) is 0.700. The smallest absolute Gasteiger partial charge is 0.190 e. The molecule has 28 heavy (non-hydrogen) atoms. The number of hydrogen-bond acceptors (Lipinski definition) is 7. The zero-order chi connectivity index (χ0) is 20.1. The van der Waals surface area contributed by atoms with Crippen molar-refractivity contribution in [2.24, 2.45) is 0 Å². The second-order valence-corrected chi connectivity index (χ2v) is 9.02. The Morgan fingerprint density at radius 2 is 1.86 bits per heavy atom. The molecular formula is C20H27BrO7. The van der Waals surface area contributed by atoms with Gasteiger partial charge in [0.15, 0.2) is 17.9 Å². The topological polar surface area (TPSA) is 64.6 Å². The first-order valence-corrected chi connectivity index (χ1v) is 10.2. The maximum absolute atomic E-state index is 6.32. The highest BCUT2D eigenvalue weighted by molar-refractivity contribution is 9.10. The molecule has 1 aromatic carbocycles. The van der Waals surface area contributed by atoms with Gasteiger partial charge in [0.1, 0.15) is 30.2 Å². The first kappa shape index (κ1) is 20.5. The van der Waals surface area contributed by atoms with E-state index in [1.165, 1.54) is 0 Å². The van der Waals surface area contributed by atoms with Crippen molar-refractivity contribution >= 4 is 15.9 Å². The summed E-state index contributed by atoms with van der Waals surface area (Å²) in [6.07, 6.45) is -1.79. The van der Waals surface area contributed by atoms with Gasteiger partial charge < -0.3 is 33.2 Å². The second kappa shape index (κ2) is 7.50. The van der Waals surface area contributed by atoms with E-state index in [0.717, 1.165) is 15.8 Å². The van der Waals surface area contributed by atoms with E-state index in [1.807, 2.05) is 45.9 Å². The first-order chi connectivity index (χ1) is 13.2. The van der Waals surface area contributed by atoms with Gasteiger partial charge in [0.25, 0.3) is 0 Å². The Labute approximate surface area is 173 Å². The van der Waals surface area contributed by atoms with Gasteiger partial charge in [0.2, 0.25) is 0 Å². The third kappa shape index (κ3) is 4.09. The molecule has 156 valence electrons. The molecule has 0 unspecified atom stereocenters. The lowest BCUT2D eigenvalue weighted by Crippen LogP contribution is -2.44. The minimum absolute atomic E-state index is 0.255. The number of hydrogen-bond donors (Lipinski definition) is 0. The quantitative estimate of drug-likeness (QED) is 0.669. The predicted octanol–water partition coefficient (Wildman–Crippen LogP) is 3.37. The summed E-state index contributed by atoms with van der Waals surface area (Å²) in [5.74, 6) is -0.590. The molecule has 3 saturated heterocycles. The van der Waals surface area contributed by atoms with E-state index in [0.29, 0.717) is 13.2 Å². The van der Waals surface area contributed by atoms with Crippen molar-refractivity contribution in [1.82, 2.24) is 0 Å². The zero-order valence-electron chi connectivity index (χ0n) is 16.8. The molecule has 7 nitrogen and oxygen atoms in total. The average molecular weight is 459 g/mol. The van der Waals surface area contributed by atoms with E-state index in [4.69, 9.17) is 33.2 Å². The SMILES string of the molecule is COc1ccc(Br)c(CO[C@@H]2[C@H]3OC(C)(C)O[C@H]3O[C@@H]2[C@H]2COC(C)(C)O2)c1. The van der Waals surface area contributed by atoms with Crippen LogP contribution in [-0.4, -0.2) is 56.0 Å². The van der Waals surface area contributed by atoms with E-state index in [2.05, 4.69) is 15.9 Å². The van der Waals surface area contributed by atoms with E-state index in [9.17, 15) is 0 Å². The van der Waals surface area contributed by atoms with Crippen LogP contribution in [0.25, 0.3) is 0 Å². The van der Waals surface area contributed by atoms with Crippen molar-refractivity contribution in [1.29, 1.82) is 0 Å². The molecule has 3 aliphatic heterocycles. The summed E-state index contributed by atoms with van der Waals surface area (Å²) >= 11 is 3.57. The van der Waals surface area contributed by atoms with Crippen molar-refractivity contribution in [3.8, 4) is 5.75 Å². The van der Waals surface area contributed by atoms with Gasteiger partial charge >= 0.3 is 0 Å². The number of ether oxygens (including phenoxy) is 7. The number of rotatable bonds is 5. The maximum Gasteiger partial charge on any atom is 0.190 e. The highest BCUT2D eigenvalue weighted by atomic mass is 79.9. The van der Waals surface area contributed by atoms with Gasteiger partial charge in [-0.05, 0) is 51.5 Å². The monoisotopic (exact) mass is 458 g/mol. The van der Waals surface area contributed by atoms with Crippen LogP contribution in [0.2, 0.25) is 0 Å². The molecule has 5 atom stereocenters. The second-order valence-electron chi connectivity index (χ2n) is 8.17. The van der Waals surface area contributed by atoms with Crippen molar-refractivity contribution in [3.05, 3.63) is 28.2 Å². The van der Waals surface area contributed by atoms with Crippen LogP contribution in [0.4, 0.5) is 0 Å². The summed E-state index contributed by atoms with van der Waals surface area (Å²) in [5.41, 5.74) is 0.976. The molecular weight excluding hydrogens is 432 g/mol. The Kier molecular flexibility index (Phi) is 5.50. The minimum Gasteiger partial charge on any atom is -0.497 e. The third-order valence-electron chi connectivity index (χ3n) is 5.11. The summed E-state index contributed by atoms with van der Waals surface area (Å²) in [7, 11) is 1.64. The molecule has 0 radical (unpaired) electrons. The van der Waals surface area contributed by atoms with Crippen LogP contribution in [0.1, 0.15) is 33.3 Å². The average Bonchev–Trinajstić information content (AvgIpc) is 3.23. The van der Waals surface area contributed by atoms with Gasteiger partial charge in [-0.25, -0.2) is 0 Å². The maximum atomic E-state index is 6.32. The Morgan fingerprint density at radius 1 is 1.07 bits per heavy atom. The van der Waals surface area contributed by atoms with Gasteiger partial charge in [-0.2, -0.15) is 0 Å². The molecule has 8 heteroatoms. The normalized spacial score (nSPS) is 35.9. The minimum atomic E-state index is -0.717. The summed E-state index contributed by atoms with van der Waals surface area (Å²) < 4.78 is 42.5. The van der Waals surface area contributed by atoms with E-state index in [-0.39, 0.29) is 24.4 Å². The van der Waals surface area contributed by atoms with Gasteiger partial charge in [0.05, 0.1) is 20.3 Å². The lowest BCUT2D eigenvalue weighted by atomic mass is 10.1. The molecule has 1 aromatic rings. The van der Waals surface area contributed by atoms with Crippen LogP contribution in [0.15, 0.2) is 22.7 Å². The molecule has 0 aromatic heterocycles. The molecule has 4 rings (SSSR count).